The first-order valence-corrected chi connectivity index (χ1v) is 9.33. The summed E-state index contributed by atoms with van der Waals surface area (Å²) in [4.78, 5) is 49.1. The average Bonchev–Trinajstić information content (AvgIpc) is 3.06. The van der Waals surface area contributed by atoms with E-state index in [1.54, 1.807) is 30.3 Å². The molecule has 0 aliphatic carbocycles. The summed E-state index contributed by atoms with van der Waals surface area (Å²) in [5.41, 5.74) is 0.830. The molecule has 8 nitrogen and oxygen atoms in total. The van der Waals surface area contributed by atoms with Crippen molar-refractivity contribution < 1.29 is 28.3 Å². The van der Waals surface area contributed by atoms with Gasteiger partial charge >= 0.3 is 12.0 Å². The number of hydrogen-bond acceptors (Lipinski definition) is 5. The first-order chi connectivity index (χ1) is 14.4. The number of rotatable bonds is 8. The lowest BCUT2D eigenvalue weighted by molar-refractivity contribution is -0.155. The molecule has 1 atom stereocenters. The molecule has 0 saturated carbocycles. The molecule has 0 unspecified atom stereocenters. The SMILES string of the molecule is O=C(CCCN1C(=O)CNC1=O)O[C@H](C(=O)Nc1ccc(F)cc1)c1ccccc1. The van der Waals surface area contributed by atoms with Crippen LogP contribution in [0.25, 0.3) is 0 Å². The Balaban J connectivity index is 1.61. The van der Waals surface area contributed by atoms with Crippen molar-refractivity contribution in [1.82, 2.24) is 10.2 Å². The molecule has 156 valence electrons. The van der Waals surface area contributed by atoms with E-state index >= 15 is 0 Å². The minimum absolute atomic E-state index is 0.0527. The van der Waals surface area contributed by atoms with Crippen molar-refractivity contribution in [3.63, 3.8) is 0 Å². The van der Waals surface area contributed by atoms with E-state index in [1.165, 1.54) is 24.3 Å². The van der Waals surface area contributed by atoms with Crippen LogP contribution in [0.2, 0.25) is 0 Å². The Hall–Kier alpha value is -3.75. The molecule has 0 radical (unpaired) electrons. The fourth-order valence-corrected chi connectivity index (χ4v) is 2.90. The van der Waals surface area contributed by atoms with Gasteiger partial charge in [-0.15, -0.1) is 0 Å². The standard InChI is InChI=1S/C21H20FN3O5/c22-15-8-10-16(11-9-15)24-20(28)19(14-5-2-1-3-6-14)30-18(27)7-4-12-25-17(26)13-23-21(25)29/h1-3,5-6,8-11,19H,4,7,12-13H2,(H,23,29)(H,24,28)/t19-/m0/s1. The van der Waals surface area contributed by atoms with Crippen LogP contribution in [-0.2, 0) is 19.1 Å². The highest BCUT2D eigenvalue weighted by molar-refractivity contribution is 6.02. The number of urea groups is 1. The zero-order valence-electron chi connectivity index (χ0n) is 16.0. The van der Waals surface area contributed by atoms with E-state index in [-0.39, 0.29) is 31.8 Å². The number of nitrogens with one attached hydrogen (secondary N) is 2. The van der Waals surface area contributed by atoms with Gasteiger partial charge in [-0.2, -0.15) is 0 Å². The predicted octanol–water partition coefficient (Wildman–Crippen LogP) is 2.38. The van der Waals surface area contributed by atoms with Gasteiger partial charge in [-0.05, 0) is 30.7 Å². The first-order valence-electron chi connectivity index (χ1n) is 9.33. The van der Waals surface area contributed by atoms with Crippen LogP contribution in [0.5, 0.6) is 0 Å². The van der Waals surface area contributed by atoms with Crippen LogP contribution in [0.15, 0.2) is 54.6 Å². The lowest BCUT2D eigenvalue weighted by Gasteiger charge is -2.18. The molecule has 1 aliphatic rings. The predicted molar refractivity (Wildman–Crippen MR) is 105 cm³/mol. The van der Waals surface area contributed by atoms with Gasteiger partial charge in [-0.3, -0.25) is 19.3 Å². The average molecular weight is 413 g/mol. The Labute approximate surface area is 172 Å². The number of carbonyl (C=O) groups is 4. The molecule has 0 bridgehead atoms. The van der Waals surface area contributed by atoms with E-state index in [9.17, 15) is 23.6 Å². The molecule has 0 aromatic heterocycles. The topological polar surface area (TPSA) is 105 Å². The van der Waals surface area contributed by atoms with Crippen molar-refractivity contribution in [2.45, 2.75) is 18.9 Å². The number of esters is 1. The van der Waals surface area contributed by atoms with Crippen LogP contribution in [0.1, 0.15) is 24.5 Å². The molecule has 1 saturated heterocycles. The molecule has 2 aromatic carbocycles. The number of halogens is 1. The summed E-state index contributed by atoms with van der Waals surface area (Å²) in [5, 5.41) is 4.99. The Bertz CT molecular complexity index is 917. The zero-order valence-corrected chi connectivity index (χ0v) is 16.0. The Morgan fingerprint density at radius 1 is 1.10 bits per heavy atom. The number of hydrogen-bond donors (Lipinski definition) is 2. The van der Waals surface area contributed by atoms with Crippen molar-refractivity contribution in [2.75, 3.05) is 18.4 Å². The van der Waals surface area contributed by atoms with Crippen LogP contribution in [0.3, 0.4) is 0 Å². The second-order valence-corrected chi connectivity index (χ2v) is 6.58. The zero-order chi connectivity index (χ0) is 21.5. The van der Waals surface area contributed by atoms with Gasteiger partial charge in [0.1, 0.15) is 5.82 Å². The number of benzene rings is 2. The summed E-state index contributed by atoms with van der Waals surface area (Å²) in [7, 11) is 0. The molecule has 9 heteroatoms. The normalized spacial score (nSPS) is 14.2. The number of imide groups is 1. The van der Waals surface area contributed by atoms with Crippen molar-refractivity contribution in [1.29, 1.82) is 0 Å². The summed E-state index contributed by atoms with van der Waals surface area (Å²) in [5.74, 6) is -2.03. The minimum Gasteiger partial charge on any atom is -0.447 e. The van der Waals surface area contributed by atoms with Gasteiger partial charge in [0.2, 0.25) is 12.0 Å². The smallest absolute Gasteiger partial charge is 0.324 e. The van der Waals surface area contributed by atoms with E-state index < -0.39 is 29.8 Å². The van der Waals surface area contributed by atoms with Crippen LogP contribution in [0, 0.1) is 5.82 Å². The Kier molecular flexibility index (Phi) is 6.74. The highest BCUT2D eigenvalue weighted by Gasteiger charge is 2.29. The van der Waals surface area contributed by atoms with Crippen LogP contribution >= 0.6 is 0 Å². The third-order valence-electron chi connectivity index (χ3n) is 4.40. The highest BCUT2D eigenvalue weighted by atomic mass is 19.1. The maximum absolute atomic E-state index is 13.1. The molecule has 0 spiro atoms. The maximum Gasteiger partial charge on any atom is 0.324 e. The molecule has 4 amide bonds. The summed E-state index contributed by atoms with van der Waals surface area (Å²) in [6.07, 6.45) is -1.08. The summed E-state index contributed by atoms with van der Waals surface area (Å²) in [6, 6.07) is 13.2. The van der Waals surface area contributed by atoms with Gasteiger partial charge < -0.3 is 15.4 Å². The van der Waals surface area contributed by atoms with E-state index in [0.717, 1.165) is 4.90 Å². The minimum atomic E-state index is -1.21. The number of amides is 4. The second kappa shape index (κ2) is 9.64. The highest BCUT2D eigenvalue weighted by Crippen LogP contribution is 2.21. The van der Waals surface area contributed by atoms with Gasteiger partial charge in [0.25, 0.3) is 5.91 Å². The van der Waals surface area contributed by atoms with Crippen molar-refractivity contribution in [3.8, 4) is 0 Å². The summed E-state index contributed by atoms with van der Waals surface area (Å²) >= 11 is 0. The fraction of sp³-hybridized carbons (Fsp3) is 0.238. The molecule has 1 aliphatic heterocycles. The third-order valence-corrected chi connectivity index (χ3v) is 4.40. The van der Waals surface area contributed by atoms with E-state index in [4.69, 9.17) is 4.74 Å². The molecule has 1 fully saturated rings. The van der Waals surface area contributed by atoms with Crippen LogP contribution in [-0.4, -0.2) is 41.8 Å². The lowest BCUT2D eigenvalue weighted by atomic mass is 10.1. The van der Waals surface area contributed by atoms with Gasteiger partial charge in [0.15, 0.2) is 0 Å². The lowest BCUT2D eigenvalue weighted by Crippen LogP contribution is -2.32. The Morgan fingerprint density at radius 3 is 2.43 bits per heavy atom. The fourth-order valence-electron chi connectivity index (χ4n) is 2.90. The first kappa shape index (κ1) is 21.0. The van der Waals surface area contributed by atoms with Gasteiger partial charge in [0, 0.05) is 24.2 Å². The van der Waals surface area contributed by atoms with E-state index in [0.29, 0.717) is 11.3 Å². The molecule has 3 rings (SSSR count). The monoisotopic (exact) mass is 413 g/mol. The summed E-state index contributed by atoms with van der Waals surface area (Å²) < 4.78 is 18.5. The van der Waals surface area contributed by atoms with Gasteiger partial charge in [-0.1, -0.05) is 30.3 Å². The summed E-state index contributed by atoms with van der Waals surface area (Å²) in [6.45, 7) is 0.0282. The Morgan fingerprint density at radius 2 is 1.80 bits per heavy atom. The van der Waals surface area contributed by atoms with Gasteiger partial charge in [0.05, 0.1) is 6.54 Å². The van der Waals surface area contributed by atoms with E-state index in [2.05, 4.69) is 10.6 Å². The number of ether oxygens (including phenoxy) is 1. The molecular formula is C21H20FN3O5. The quantitative estimate of drug-likeness (QED) is 0.511. The molecule has 2 N–H and O–H groups in total. The molecule has 2 aromatic rings. The third kappa shape index (κ3) is 5.40. The number of carbonyl (C=O) groups excluding carboxylic acids is 4. The largest absolute Gasteiger partial charge is 0.447 e. The number of nitrogens with zero attached hydrogens (tertiary/aromatic N) is 1. The second-order valence-electron chi connectivity index (χ2n) is 6.58. The van der Waals surface area contributed by atoms with Crippen molar-refractivity contribution in [3.05, 3.63) is 66.0 Å². The number of anilines is 1. The van der Waals surface area contributed by atoms with E-state index in [1.807, 2.05) is 0 Å². The van der Waals surface area contributed by atoms with Crippen LogP contribution < -0.4 is 10.6 Å². The molecular weight excluding hydrogens is 393 g/mol. The van der Waals surface area contributed by atoms with Crippen molar-refractivity contribution >= 4 is 29.5 Å². The van der Waals surface area contributed by atoms with Crippen LogP contribution in [0.4, 0.5) is 14.9 Å². The molecule has 1 heterocycles. The van der Waals surface area contributed by atoms with Crippen molar-refractivity contribution in [2.24, 2.45) is 0 Å². The molecule has 30 heavy (non-hydrogen) atoms. The maximum atomic E-state index is 13.1. The van der Waals surface area contributed by atoms with Gasteiger partial charge in [-0.25, -0.2) is 9.18 Å².